The quantitative estimate of drug-likeness (QED) is 0.918. The summed E-state index contributed by atoms with van der Waals surface area (Å²) >= 11 is 3.43. The fourth-order valence-corrected chi connectivity index (χ4v) is 2.92. The molecule has 0 atom stereocenters. The smallest absolute Gasteiger partial charge is 0.128 e. The van der Waals surface area contributed by atoms with Crippen molar-refractivity contribution in [3.05, 3.63) is 58.7 Å². The molecule has 1 saturated heterocycles. The van der Waals surface area contributed by atoms with E-state index in [-0.39, 0.29) is 0 Å². The highest BCUT2D eigenvalue weighted by Crippen LogP contribution is 2.34. The molecule has 1 aliphatic rings. The number of halogens is 1. The summed E-state index contributed by atoms with van der Waals surface area (Å²) in [4.78, 5) is 6.53. The molecule has 1 fully saturated rings. The molecule has 0 bridgehead atoms. The second-order valence-corrected chi connectivity index (χ2v) is 6.06. The van der Waals surface area contributed by atoms with Crippen molar-refractivity contribution in [1.82, 2.24) is 4.98 Å². The summed E-state index contributed by atoms with van der Waals surface area (Å²) in [5.41, 5.74) is 0.271. The minimum atomic E-state index is -0.724. The number of aliphatic hydroxyl groups is 1. The van der Waals surface area contributed by atoms with Crippen LogP contribution in [0.15, 0.2) is 47.1 Å². The summed E-state index contributed by atoms with van der Waals surface area (Å²) in [5, 5.41) is 10.8. The van der Waals surface area contributed by atoms with Gasteiger partial charge in [-0.1, -0.05) is 28.1 Å². The van der Waals surface area contributed by atoms with Gasteiger partial charge in [-0.15, -0.1) is 0 Å². The molecule has 3 nitrogen and oxygen atoms in total. The van der Waals surface area contributed by atoms with Crippen molar-refractivity contribution in [2.45, 2.75) is 18.4 Å². The highest BCUT2D eigenvalue weighted by Gasteiger charge is 2.34. The lowest BCUT2D eigenvalue weighted by molar-refractivity contribution is 0.0116. The zero-order valence-corrected chi connectivity index (χ0v) is 12.7. The molecule has 4 heteroatoms. The van der Waals surface area contributed by atoms with Crippen LogP contribution in [0.25, 0.3) is 0 Å². The molecular weight excluding hydrogens is 316 g/mol. The number of anilines is 1. The molecule has 2 heterocycles. The van der Waals surface area contributed by atoms with Gasteiger partial charge in [0.25, 0.3) is 0 Å². The van der Waals surface area contributed by atoms with Gasteiger partial charge in [-0.3, -0.25) is 0 Å². The molecule has 0 amide bonds. The summed E-state index contributed by atoms with van der Waals surface area (Å²) in [7, 11) is 0. The number of hydrogen-bond donors (Lipinski definition) is 1. The number of nitrogens with zero attached hydrogens (tertiary/aromatic N) is 2. The van der Waals surface area contributed by atoms with E-state index in [9.17, 15) is 5.11 Å². The molecule has 1 aromatic carbocycles. The third-order valence-electron chi connectivity index (χ3n) is 3.90. The van der Waals surface area contributed by atoms with Gasteiger partial charge in [0.1, 0.15) is 5.82 Å². The minimum Gasteiger partial charge on any atom is -0.385 e. The van der Waals surface area contributed by atoms with Crippen LogP contribution in [-0.2, 0) is 5.60 Å². The predicted octanol–water partition coefficient (Wildman–Crippen LogP) is 3.13. The van der Waals surface area contributed by atoms with Gasteiger partial charge in [-0.05, 0) is 42.7 Å². The first-order chi connectivity index (χ1) is 9.67. The first kappa shape index (κ1) is 13.6. The average molecular weight is 332 g/mol. The van der Waals surface area contributed by atoms with Crippen LogP contribution in [0.3, 0.4) is 0 Å². The summed E-state index contributed by atoms with van der Waals surface area (Å²) in [6.45, 7) is 1.62. The van der Waals surface area contributed by atoms with Gasteiger partial charge in [0.05, 0.1) is 5.60 Å². The Bertz CT molecular complexity index is 563. The molecular formula is C16H16BrN2O. The molecule has 0 saturated carbocycles. The number of pyridine rings is 1. The zero-order chi connectivity index (χ0) is 14.0. The highest BCUT2D eigenvalue weighted by atomic mass is 79.9. The Morgan fingerprint density at radius 2 is 1.85 bits per heavy atom. The highest BCUT2D eigenvalue weighted by molar-refractivity contribution is 9.10. The molecule has 0 aliphatic carbocycles. The Morgan fingerprint density at radius 3 is 2.45 bits per heavy atom. The van der Waals surface area contributed by atoms with Crippen LogP contribution in [0.1, 0.15) is 18.4 Å². The lowest BCUT2D eigenvalue weighted by atomic mass is 9.84. The first-order valence-electron chi connectivity index (χ1n) is 6.73. The maximum atomic E-state index is 10.8. The zero-order valence-electron chi connectivity index (χ0n) is 11.1. The third kappa shape index (κ3) is 2.72. The second-order valence-electron chi connectivity index (χ2n) is 5.14. The van der Waals surface area contributed by atoms with Gasteiger partial charge in [-0.2, -0.15) is 0 Å². The van der Waals surface area contributed by atoms with Crippen LogP contribution >= 0.6 is 15.9 Å². The molecule has 3 rings (SSSR count). The Balaban J connectivity index is 1.73. The monoisotopic (exact) mass is 331 g/mol. The van der Waals surface area contributed by atoms with Crippen molar-refractivity contribution in [3.8, 4) is 0 Å². The van der Waals surface area contributed by atoms with Crippen LogP contribution in [0, 0.1) is 6.07 Å². The third-order valence-corrected chi connectivity index (χ3v) is 4.42. The van der Waals surface area contributed by atoms with Crippen molar-refractivity contribution in [1.29, 1.82) is 0 Å². The molecule has 0 spiro atoms. The van der Waals surface area contributed by atoms with Gasteiger partial charge in [0.2, 0.25) is 0 Å². The largest absolute Gasteiger partial charge is 0.385 e. The fraction of sp³-hybridized carbons (Fsp3) is 0.312. The van der Waals surface area contributed by atoms with Crippen LogP contribution < -0.4 is 4.90 Å². The van der Waals surface area contributed by atoms with Crippen LogP contribution in [0.4, 0.5) is 5.82 Å². The Hall–Kier alpha value is -1.39. The van der Waals surface area contributed by atoms with Gasteiger partial charge in [-0.25, -0.2) is 4.98 Å². The van der Waals surface area contributed by atoms with E-state index in [4.69, 9.17) is 0 Å². The molecule has 1 radical (unpaired) electrons. The van der Waals surface area contributed by atoms with Gasteiger partial charge >= 0.3 is 0 Å². The van der Waals surface area contributed by atoms with Crippen LogP contribution in [0.2, 0.25) is 0 Å². The lowest BCUT2D eigenvalue weighted by Crippen LogP contribution is -2.42. The van der Waals surface area contributed by atoms with Crippen molar-refractivity contribution in [3.63, 3.8) is 0 Å². The summed E-state index contributed by atoms with van der Waals surface area (Å²) in [5.74, 6) is 0.960. The summed E-state index contributed by atoms with van der Waals surface area (Å²) < 4.78 is 1.03. The molecule has 2 aromatic rings. The topological polar surface area (TPSA) is 36.4 Å². The molecule has 20 heavy (non-hydrogen) atoms. The first-order valence-corrected chi connectivity index (χ1v) is 7.52. The van der Waals surface area contributed by atoms with E-state index in [1.807, 2.05) is 36.4 Å². The van der Waals surface area contributed by atoms with E-state index in [0.717, 1.165) is 41.8 Å². The SMILES string of the molecule is OC1(c2ccc(Br)cc2)CCN(c2cc[c]cn2)CC1. The van der Waals surface area contributed by atoms with Crippen molar-refractivity contribution in [2.75, 3.05) is 18.0 Å². The summed E-state index contributed by atoms with van der Waals surface area (Å²) in [6, 6.07) is 14.7. The minimum absolute atomic E-state index is 0.717. The number of benzene rings is 1. The van der Waals surface area contributed by atoms with E-state index >= 15 is 0 Å². The molecule has 1 aromatic heterocycles. The van der Waals surface area contributed by atoms with Gasteiger partial charge in [0, 0.05) is 29.8 Å². The Kier molecular flexibility index (Phi) is 3.76. The number of aromatic nitrogens is 1. The average Bonchev–Trinajstić information content (AvgIpc) is 2.49. The van der Waals surface area contributed by atoms with E-state index in [2.05, 4.69) is 31.9 Å². The van der Waals surface area contributed by atoms with E-state index < -0.39 is 5.60 Å². The predicted molar refractivity (Wildman–Crippen MR) is 82.6 cm³/mol. The fourth-order valence-electron chi connectivity index (χ4n) is 2.65. The maximum Gasteiger partial charge on any atom is 0.128 e. The van der Waals surface area contributed by atoms with Crippen LogP contribution in [-0.4, -0.2) is 23.2 Å². The van der Waals surface area contributed by atoms with Gasteiger partial charge in [0.15, 0.2) is 0 Å². The van der Waals surface area contributed by atoms with Crippen molar-refractivity contribution in [2.24, 2.45) is 0 Å². The number of hydrogen-bond acceptors (Lipinski definition) is 3. The standard InChI is InChI=1S/C16H16BrN2O/c17-14-6-4-13(5-7-14)16(20)8-11-19(12-9-16)15-3-1-2-10-18-15/h1,3-7,10,20H,8-9,11-12H2. The van der Waals surface area contributed by atoms with Gasteiger partial charge < -0.3 is 10.0 Å². The van der Waals surface area contributed by atoms with Crippen molar-refractivity contribution >= 4 is 21.7 Å². The van der Waals surface area contributed by atoms with Crippen LogP contribution in [0.5, 0.6) is 0 Å². The Morgan fingerprint density at radius 1 is 1.15 bits per heavy atom. The van der Waals surface area contributed by atoms with E-state index in [1.54, 1.807) is 6.20 Å². The second kappa shape index (κ2) is 5.54. The molecule has 1 aliphatic heterocycles. The number of piperidine rings is 1. The van der Waals surface area contributed by atoms with Crippen molar-refractivity contribution < 1.29 is 5.11 Å². The summed E-state index contributed by atoms with van der Waals surface area (Å²) in [6.07, 6.45) is 3.12. The molecule has 1 N–H and O–H groups in total. The normalized spacial score (nSPS) is 18.0. The van der Waals surface area contributed by atoms with E-state index in [1.165, 1.54) is 0 Å². The number of rotatable bonds is 2. The van der Waals surface area contributed by atoms with E-state index in [0.29, 0.717) is 0 Å². The maximum absolute atomic E-state index is 10.8. The molecule has 103 valence electrons. The lowest BCUT2D eigenvalue weighted by Gasteiger charge is -2.39. The Labute approximate surface area is 127 Å². The molecule has 0 unspecified atom stereocenters.